The number of anilines is 2. The summed E-state index contributed by atoms with van der Waals surface area (Å²) < 4.78 is 1.83. The van der Waals surface area contributed by atoms with Gasteiger partial charge in [-0.3, -0.25) is 9.67 Å². The minimum absolute atomic E-state index is 0.504. The Morgan fingerprint density at radius 3 is 2.54 bits per heavy atom. The van der Waals surface area contributed by atoms with Crippen molar-refractivity contribution in [3.8, 4) is 11.1 Å². The molecule has 0 bridgehead atoms. The van der Waals surface area contributed by atoms with Crippen molar-refractivity contribution >= 4 is 28.0 Å². The molecule has 4 heterocycles. The second-order valence-corrected chi connectivity index (χ2v) is 9.82. The van der Waals surface area contributed by atoms with Gasteiger partial charge in [-0.2, -0.15) is 5.10 Å². The minimum atomic E-state index is 0.504. The second kappa shape index (κ2) is 9.15. The molecule has 1 aromatic carbocycles. The highest BCUT2D eigenvalue weighted by Gasteiger charge is 2.21. The molecule has 35 heavy (non-hydrogen) atoms. The molecule has 0 atom stereocenters. The zero-order valence-electron chi connectivity index (χ0n) is 20.3. The number of aromatic nitrogens is 4. The van der Waals surface area contributed by atoms with Crippen LogP contribution in [0.1, 0.15) is 31.2 Å². The molecule has 7 heteroatoms. The number of benzene rings is 1. The van der Waals surface area contributed by atoms with Crippen molar-refractivity contribution in [2.45, 2.75) is 31.7 Å². The molecule has 3 aromatic heterocycles. The lowest BCUT2D eigenvalue weighted by molar-refractivity contribution is 0.264. The fraction of sp³-hybridized carbons (Fsp3) is 0.321. The SMILES string of the molecule is CN1CCC(Nc2cncc(C(Nc3cc4cc(-c5cnn(C)c5)ccc4cn3)=C3CC3)c2)CC1. The van der Waals surface area contributed by atoms with Crippen LogP contribution >= 0.6 is 0 Å². The third-order valence-electron chi connectivity index (χ3n) is 6.98. The van der Waals surface area contributed by atoms with E-state index in [4.69, 9.17) is 4.98 Å². The Kier molecular flexibility index (Phi) is 5.70. The number of pyridine rings is 2. The number of hydrogen-bond acceptors (Lipinski definition) is 6. The lowest BCUT2D eigenvalue weighted by Gasteiger charge is -2.30. The van der Waals surface area contributed by atoms with Gasteiger partial charge in [-0.25, -0.2) is 4.98 Å². The van der Waals surface area contributed by atoms with E-state index in [2.05, 4.69) is 63.0 Å². The molecule has 178 valence electrons. The van der Waals surface area contributed by atoms with Crippen molar-refractivity contribution in [1.82, 2.24) is 24.6 Å². The van der Waals surface area contributed by atoms with E-state index in [0.29, 0.717) is 6.04 Å². The molecule has 1 saturated heterocycles. The molecule has 0 spiro atoms. The van der Waals surface area contributed by atoms with Gasteiger partial charge in [0.2, 0.25) is 0 Å². The van der Waals surface area contributed by atoms with Crippen molar-refractivity contribution < 1.29 is 0 Å². The van der Waals surface area contributed by atoms with Gasteiger partial charge in [0, 0.05) is 60.1 Å². The third-order valence-corrected chi connectivity index (χ3v) is 6.98. The van der Waals surface area contributed by atoms with Gasteiger partial charge in [-0.1, -0.05) is 12.1 Å². The molecular formula is C28H31N7. The van der Waals surface area contributed by atoms with Gasteiger partial charge in [-0.15, -0.1) is 0 Å². The first kappa shape index (κ1) is 21.8. The number of hydrogen-bond donors (Lipinski definition) is 2. The van der Waals surface area contributed by atoms with Crippen LogP contribution in [0.4, 0.5) is 11.5 Å². The quantitative estimate of drug-likeness (QED) is 0.410. The Hall–Kier alpha value is -3.71. The fourth-order valence-electron chi connectivity index (χ4n) is 4.81. The summed E-state index contributed by atoms with van der Waals surface area (Å²) in [7, 11) is 4.13. The zero-order chi connectivity index (χ0) is 23.8. The maximum Gasteiger partial charge on any atom is 0.130 e. The summed E-state index contributed by atoms with van der Waals surface area (Å²) >= 11 is 0. The number of rotatable bonds is 6. The summed E-state index contributed by atoms with van der Waals surface area (Å²) in [6.45, 7) is 2.27. The van der Waals surface area contributed by atoms with Crippen molar-refractivity contribution in [3.05, 3.63) is 72.5 Å². The minimum Gasteiger partial charge on any atom is -0.381 e. The molecule has 0 radical (unpaired) electrons. The normalized spacial score (nSPS) is 16.5. The number of nitrogens with one attached hydrogen (secondary N) is 2. The van der Waals surface area contributed by atoms with Crippen molar-refractivity contribution in [2.24, 2.45) is 7.05 Å². The standard InChI is InChI=1S/C28H31N7/c1-34-9-7-25(8-10-34)32-26-12-23(14-29-17-26)28(19-3-4-19)33-27-13-22-11-20(5-6-21(22)15-30-27)24-16-31-35(2)18-24/h5-6,11-18,25,32H,3-4,7-10H2,1-2H3,(H,30,33). The van der Waals surface area contributed by atoms with Crippen molar-refractivity contribution in [2.75, 3.05) is 30.8 Å². The molecule has 2 aliphatic rings. The number of likely N-dealkylation sites (tertiary alicyclic amines) is 1. The molecule has 1 aliphatic carbocycles. The van der Waals surface area contributed by atoms with Gasteiger partial charge in [0.05, 0.1) is 11.9 Å². The smallest absolute Gasteiger partial charge is 0.130 e. The van der Waals surface area contributed by atoms with Crippen LogP contribution in [0.3, 0.4) is 0 Å². The van der Waals surface area contributed by atoms with Crippen LogP contribution in [-0.2, 0) is 7.05 Å². The Morgan fingerprint density at radius 2 is 1.77 bits per heavy atom. The van der Waals surface area contributed by atoms with E-state index in [1.54, 1.807) is 0 Å². The van der Waals surface area contributed by atoms with Crippen LogP contribution in [0, 0.1) is 0 Å². The lowest BCUT2D eigenvalue weighted by atomic mass is 10.0. The van der Waals surface area contributed by atoms with Gasteiger partial charge in [-0.05, 0) is 80.5 Å². The molecule has 7 nitrogen and oxygen atoms in total. The predicted octanol–water partition coefficient (Wildman–Crippen LogP) is 5.15. The molecular weight excluding hydrogens is 434 g/mol. The van der Waals surface area contributed by atoms with E-state index >= 15 is 0 Å². The van der Waals surface area contributed by atoms with E-state index in [1.165, 1.54) is 5.57 Å². The summed E-state index contributed by atoms with van der Waals surface area (Å²) in [6, 6.07) is 11.3. The molecule has 1 aliphatic heterocycles. The summed E-state index contributed by atoms with van der Waals surface area (Å²) in [5.74, 6) is 0.851. The largest absolute Gasteiger partial charge is 0.381 e. The summed E-state index contributed by atoms with van der Waals surface area (Å²) in [4.78, 5) is 11.7. The van der Waals surface area contributed by atoms with E-state index in [1.807, 2.05) is 42.7 Å². The highest BCUT2D eigenvalue weighted by molar-refractivity contribution is 5.90. The number of allylic oxidation sites excluding steroid dienone is 1. The first-order chi connectivity index (χ1) is 17.1. The van der Waals surface area contributed by atoms with Crippen molar-refractivity contribution in [3.63, 3.8) is 0 Å². The van der Waals surface area contributed by atoms with Gasteiger partial charge in [0.15, 0.2) is 0 Å². The molecule has 2 N–H and O–H groups in total. The van der Waals surface area contributed by atoms with Crippen molar-refractivity contribution in [1.29, 1.82) is 0 Å². The molecule has 2 fully saturated rings. The van der Waals surface area contributed by atoms with Crippen LogP contribution in [0.15, 0.2) is 66.9 Å². The molecule has 4 aromatic rings. The Morgan fingerprint density at radius 1 is 0.914 bits per heavy atom. The van der Waals surface area contributed by atoms with E-state index in [0.717, 1.165) is 83.4 Å². The third kappa shape index (κ3) is 4.91. The van der Waals surface area contributed by atoms with Gasteiger partial charge < -0.3 is 15.5 Å². The number of nitrogens with zero attached hydrogens (tertiary/aromatic N) is 5. The highest BCUT2D eigenvalue weighted by atomic mass is 15.2. The lowest BCUT2D eigenvalue weighted by Crippen LogP contribution is -2.36. The highest BCUT2D eigenvalue weighted by Crippen LogP contribution is 2.37. The first-order valence-electron chi connectivity index (χ1n) is 12.4. The number of aryl methyl sites for hydroxylation is 1. The maximum atomic E-state index is 4.71. The second-order valence-electron chi connectivity index (χ2n) is 9.82. The maximum absolute atomic E-state index is 4.71. The number of fused-ring (bicyclic) bond motifs is 1. The zero-order valence-corrected chi connectivity index (χ0v) is 20.3. The van der Waals surface area contributed by atoms with Crippen LogP contribution in [-0.4, -0.2) is 50.8 Å². The summed E-state index contributed by atoms with van der Waals surface area (Å²) in [6.07, 6.45) is 14.3. The average Bonchev–Trinajstić information content (AvgIpc) is 3.63. The summed E-state index contributed by atoms with van der Waals surface area (Å²) in [5, 5.41) is 13.9. The molecule has 1 saturated carbocycles. The average molecular weight is 466 g/mol. The van der Waals surface area contributed by atoms with Crippen LogP contribution in [0.5, 0.6) is 0 Å². The van der Waals surface area contributed by atoms with Crippen LogP contribution in [0.2, 0.25) is 0 Å². The van der Waals surface area contributed by atoms with Crippen LogP contribution in [0.25, 0.3) is 27.6 Å². The van der Waals surface area contributed by atoms with E-state index in [-0.39, 0.29) is 0 Å². The number of piperidine rings is 1. The van der Waals surface area contributed by atoms with Gasteiger partial charge in [0.1, 0.15) is 5.82 Å². The molecule has 0 amide bonds. The van der Waals surface area contributed by atoms with Gasteiger partial charge in [0.25, 0.3) is 0 Å². The summed E-state index contributed by atoms with van der Waals surface area (Å²) in [5.41, 5.74) is 7.03. The van der Waals surface area contributed by atoms with Crippen LogP contribution < -0.4 is 10.6 Å². The fourth-order valence-corrected chi connectivity index (χ4v) is 4.81. The monoisotopic (exact) mass is 465 g/mol. The van der Waals surface area contributed by atoms with Gasteiger partial charge >= 0.3 is 0 Å². The van der Waals surface area contributed by atoms with E-state index in [9.17, 15) is 0 Å². The Bertz CT molecular complexity index is 1390. The molecule has 6 rings (SSSR count). The molecule has 0 unspecified atom stereocenters. The van der Waals surface area contributed by atoms with E-state index < -0.39 is 0 Å². The topological polar surface area (TPSA) is 70.9 Å². The Balaban J connectivity index is 1.25. The predicted molar refractivity (Wildman–Crippen MR) is 142 cm³/mol. The first-order valence-corrected chi connectivity index (χ1v) is 12.4. The Labute approximate surface area is 205 Å².